The van der Waals surface area contributed by atoms with Gasteiger partial charge in [-0.25, -0.2) is 12.8 Å². The van der Waals surface area contributed by atoms with Gasteiger partial charge in [-0.2, -0.15) is 4.31 Å². The Morgan fingerprint density at radius 3 is 2.83 bits per heavy atom. The van der Waals surface area contributed by atoms with E-state index in [0.29, 0.717) is 13.0 Å². The van der Waals surface area contributed by atoms with E-state index >= 15 is 0 Å². The minimum absolute atomic E-state index is 0.0994. The average Bonchev–Trinajstić information content (AvgIpc) is 2.77. The topological polar surface area (TPSA) is 63.4 Å². The van der Waals surface area contributed by atoms with E-state index in [9.17, 15) is 12.8 Å². The van der Waals surface area contributed by atoms with Crippen LogP contribution in [0.5, 0.6) is 0 Å². The van der Waals surface area contributed by atoms with E-state index in [1.807, 2.05) is 0 Å². The average molecular weight is 293 g/mol. The monoisotopic (exact) mass is 292 g/mol. The number of benzene rings is 1. The summed E-state index contributed by atoms with van der Waals surface area (Å²) in [6.45, 7) is 0.583. The van der Waals surface area contributed by atoms with Crippen LogP contribution in [0.15, 0.2) is 23.1 Å². The smallest absolute Gasteiger partial charge is 0.247 e. The van der Waals surface area contributed by atoms with Gasteiger partial charge in [0.25, 0.3) is 0 Å². The van der Waals surface area contributed by atoms with Gasteiger partial charge in [0.1, 0.15) is 10.7 Å². The Kier molecular flexibility index (Phi) is 3.91. The lowest BCUT2D eigenvalue weighted by atomic mass is 10.2. The molecule has 1 atom stereocenters. The Bertz CT molecular complexity index is 530. The van der Waals surface area contributed by atoms with Crippen molar-refractivity contribution >= 4 is 21.6 Å². The Hall–Kier alpha value is -0.690. The number of nitrogens with zero attached hydrogens (tertiary/aromatic N) is 1. The van der Waals surface area contributed by atoms with Crippen molar-refractivity contribution in [3.63, 3.8) is 0 Å². The van der Waals surface area contributed by atoms with Crippen LogP contribution < -0.4 is 5.73 Å². The van der Waals surface area contributed by atoms with Gasteiger partial charge in [-0.3, -0.25) is 0 Å². The summed E-state index contributed by atoms with van der Waals surface area (Å²) in [5.41, 5.74) is 5.54. The van der Waals surface area contributed by atoms with E-state index in [1.54, 1.807) is 0 Å². The van der Waals surface area contributed by atoms with Gasteiger partial charge in [-0.05, 0) is 25.0 Å². The van der Waals surface area contributed by atoms with E-state index in [4.69, 9.17) is 17.3 Å². The molecule has 1 aromatic carbocycles. The predicted molar refractivity (Wildman–Crippen MR) is 67.4 cm³/mol. The molecular formula is C11H14ClFN2O2S. The number of hydrogen-bond donors (Lipinski definition) is 1. The molecule has 0 saturated carbocycles. The third-order valence-corrected chi connectivity index (χ3v) is 5.54. The molecule has 1 unspecified atom stereocenters. The SMILES string of the molecule is NCC1CCCN1S(=O)(=O)c1c(F)cccc1Cl. The van der Waals surface area contributed by atoms with Gasteiger partial charge >= 0.3 is 0 Å². The molecule has 18 heavy (non-hydrogen) atoms. The maximum absolute atomic E-state index is 13.7. The molecule has 0 aliphatic carbocycles. The summed E-state index contributed by atoms with van der Waals surface area (Å²) in [6.07, 6.45) is 1.43. The molecule has 100 valence electrons. The third kappa shape index (κ3) is 2.25. The Labute approximate surface area is 111 Å². The molecule has 4 nitrogen and oxygen atoms in total. The number of nitrogens with two attached hydrogens (primary N) is 1. The molecule has 0 amide bonds. The second-order valence-corrected chi connectivity index (χ2v) is 6.43. The van der Waals surface area contributed by atoms with Crippen LogP contribution in [0.25, 0.3) is 0 Å². The third-order valence-electron chi connectivity index (χ3n) is 3.08. The molecule has 0 spiro atoms. The highest BCUT2D eigenvalue weighted by molar-refractivity contribution is 7.89. The van der Waals surface area contributed by atoms with Gasteiger partial charge in [-0.1, -0.05) is 17.7 Å². The molecule has 1 saturated heterocycles. The van der Waals surface area contributed by atoms with Crippen LogP contribution in [0.3, 0.4) is 0 Å². The lowest BCUT2D eigenvalue weighted by Crippen LogP contribution is -2.40. The standard InChI is InChI=1S/C11H14ClFN2O2S/c12-9-4-1-5-10(13)11(9)18(16,17)15-6-2-3-8(15)7-14/h1,4-5,8H,2-3,6-7,14H2. The van der Waals surface area contributed by atoms with Crippen LogP contribution in [0.4, 0.5) is 4.39 Å². The van der Waals surface area contributed by atoms with E-state index in [0.717, 1.165) is 12.5 Å². The quantitative estimate of drug-likeness (QED) is 0.920. The van der Waals surface area contributed by atoms with Gasteiger partial charge in [0, 0.05) is 19.1 Å². The van der Waals surface area contributed by atoms with Crippen LogP contribution >= 0.6 is 11.6 Å². The lowest BCUT2D eigenvalue weighted by molar-refractivity contribution is 0.390. The normalized spacial score (nSPS) is 21.4. The summed E-state index contributed by atoms with van der Waals surface area (Å²) in [7, 11) is -3.91. The molecular weight excluding hydrogens is 279 g/mol. The maximum Gasteiger partial charge on any atom is 0.247 e. The van der Waals surface area contributed by atoms with Crippen LogP contribution in [-0.2, 0) is 10.0 Å². The molecule has 2 rings (SSSR count). The summed E-state index contributed by atoms with van der Waals surface area (Å²) in [4.78, 5) is -0.452. The van der Waals surface area contributed by atoms with E-state index in [-0.39, 0.29) is 17.6 Å². The maximum atomic E-state index is 13.7. The van der Waals surface area contributed by atoms with Gasteiger partial charge in [-0.15, -0.1) is 0 Å². The van der Waals surface area contributed by atoms with Gasteiger partial charge in [0.05, 0.1) is 5.02 Å². The Morgan fingerprint density at radius 2 is 2.22 bits per heavy atom. The molecule has 0 bridgehead atoms. The molecule has 1 heterocycles. The Balaban J connectivity index is 2.49. The van der Waals surface area contributed by atoms with Crippen molar-refractivity contribution in [3.8, 4) is 0 Å². The fourth-order valence-corrected chi connectivity index (χ4v) is 4.48. The van der Waals surface area contributed by atoms with Crippen LogP contribution in [0.1, 0.15) is 12.8 Å². The minimum atomic E-state index is -3.91. The summed E-state index contributed by atoms with van der Waals surface area (Å²) in [5.74, 6) is -0.829. The highest BCUT2D eigenvalue weighted by atomic mass is 35.5. The summed E-state index contributed by atoms with van der Waals surface area (Å²) in [5, 5.41) is -0.0994. The van der Waals surface area contributed by atoms with Crippen molar-refractivity contribution in [1.29, 1.82) is 0 Å². The molecule has 1 aliphatic rings. The fourth-order valence-electron chi connectivity index (χ4n) is 2.21. The first-order valence-electron chi connectivity index (χ1n) is 5.64. The van der Waals surface area contributed by atoms with E-state index < -0.39 is 20.7 Å². The number of halogens is 2. The zero-order valence-corrected chi connectivity index (χ0v) is 11.2. The van der Waals surface area contributed by atoms with Crippen LogP contribution in [0, 0.1) is 5.82 Å². The molecule has 1 aromatic rings. The van der Waals surface area contributed by atoms with Crippen molar-refractivity contribution in [2.24, 2.45) is 5.73 Å². The first-order chi connectivity index (χ1) is 8.48. The van der Waals surface area contributed by atoms with Crippen molar-refractivity contribution in [1.82, 2.24) is 4.31 Å². The lowest BCUT2D eigenvalue weighted by Gasteiger charge is -2.23. The number of sulfonamides is 1. The van der Waals surface area contributed by atoms with E-state index in [2.05, 4.69) is 0 Å². The summed E-state index contributed by atoms with van der Waals surface area (Å²) < 4.78 is 39.7. The van der Waals surface area contributed by atoms with Crippen molar-refractivity contribution in [3.05, 3.63) is 29.0 Å². The largest absolute Gasteiger partial charge is 0.329 e. The molecule has 0 radical (unpaired) electrons. The summed E-state index contributed by atoms with van der Waals surface area (Å²) >= 11 is 5.81. The molecule has 2 N–H and O–H groups in total. The fraction of sp³-hybridized carbons (Fsp3) is 0.455. The highest BCUT2D eigenvalue weighted by Gasteiger charge is 2.37. The molecule has 1 fully saturated rings. The number of rotatable bonds is 3. The Morgan fingerprint density at radius 1 is 1.50 bits per heavy atom. The first-order valence-corrected chi connectivity index (χ1v) is 7.46. The second-order valence-electron chi connectivity index (χ2n) is 4.20. The van der Waals surface area contributed by atoms with Crippen LogP contribution in [-0.4, -0.2) is 31.9 Å². The van der Waals surface area contributed by atoms with Crippen LogP contribution in [0.2, 0.25) is 5.02 Å². The zero-order chi connectivity index (χ0) is 13.3. The van der Waals surface area contributed by atoms with Crippen molar-refractivity contribution in [2.75, 3.05) is 13.1 Å². The molecule has 7 heteroatoms. The molecule has 1 aliphatic heterocycles. The first kappa shape index (κ1) is 13.7. The number of hydrogen-bond acceptors (Lipinski definition) is 3. The highest BCUT2D eigenvalue weighted by Crippen LogP contribution is 2.31. The van der Waals surface area contributed by atoms with Crippen molar-refractivity contribution in [2.45, 2.75) is 23.8 Å². The van der Waals surface area contributed by atoms with Gasteiger partial charge in [0.15, 0.2) is 0 Å². The molecule has 0 aromatic heterocycles. The summed E-state index contributed by atoms with van der Waals surface area (Å²) in [6, 6.07) is 3.56. The van der Waals surface area contributed by atoms with Gasteiger partial charge < -0.3 is 5.73 Å². The zero-order valence-electron chi connectivity index (χ0n) is 9.64. The predicted octanol–water partition coefficient (Wildman–Crippen LogP) is 1.59. The second kappa shape index (κ2) is 5.13. The van der Waals surface area contributed by atoms with Crippen molar-refractivity contribution < 1.29 is 12.8 Å². The van der Waals surface area contributed by atoms with E-state index in [1.165, 1.54) is 16.4 Å². The van der Waals surface area contributed by atoms with Gasteiger partial charge in [0.2, 0.25) is 10.0 Å². The minimum Gasteiger partial charge on any atom is -0.329 e.